The highest BCUT2D eigenvalue weighted by atomic mass is 19.4. The predicted molar refractivity (Wildman–Crippen MR) is 272 cm³/mol. The van der Waals surface area contributed by atoms with Crippen molar-refractivity contribution in [1.29, 1.82) is 0 Å². The quantitative estimate of drug-likeness (QED) is 0.0611. The molecule has 2 fully saturated rings. The molecule has 0 radical (unpaired) electrons. The number of piperazine rings is 1. The van der Waals surface area contributed by atoms with Crippen LogP contribution in [0.25, 0.3) is 11.4 Å². The normalized spacial score (nSPS) is 15.2. The topological polar surface area (TPSA) is 248 Å². The molecule has 0 bridgehead atoms. The molecule has 4 aromatic rings. The van der Waals surface area contributed by atoms with E-state index in [1.165, 1.54) is 18.0 Å². The summed E-state index contributed by atoms with van der Waals surface area (Å²) in [5, 5.41) is 18.4. The van der Waals surface area contributed by atoms with Crippen LogP contribution in [0.5, 0.6) is 0 Å². The van der Waals surface area contributed by atoms with Gasteiger partial charge in [0.2, 0.25) is 17.8 Å². The van der Waals surface area contributed by atoms with Crippen molar-refractivity contribution in [3.05, 3.63) is 101 Å². The van der Waals surface area contributed by atoms with Crippen molar-refractivity contribution in [3.63, 3.8) is 0 Å². The minimum absolute atomic E-state index is 0. The number of benzene rings is 2. The molecular weight excluding hydrogens is 1030 g/mol. The number of hydrogen-bond donors (Lipinski definition) is 6. The number of aryl methyl sites for hydroxylation is 1. The summed E-state index contributed by atoms with van der Waals surface area (Å²) in [4.78, 5) is 67.1. The van der Waals surface area contributed by atoms with Gasteiger partial charge in [0.05, 0.1) is 56.0 Å². The number of rotatable bonds is 15. The first-order chi connectivity index (χ1) is 36.1. The minimum Gasteiger partial charge on any atom is -0.453 e. The Balaban J connectivity index is 0.00000124. The van der Waals surface area contributed by atoms with E-state index in [9.17, 15) is 59.4 Å². The molecule has 3 atom stereocenters. The van der Waals surface area contributed by atoms with Crippen LogP contribution in [0, 0.1) is 41.2 Å². The summed E-state index contributed by atoms with van der Waals surface area (Å²) < 4.78 is 121. The number of nitrogens with zero attached hydrogens (tertiary/aromatic N) is 6. The number of alkyl carbamates (subject to hydrolysis) is 2. The summed E-state index contributed by atoms with van der Waals surface area (Å²) in [5.41, 5.74) is 2.57. The molecule has 0 spiro atoms. The lowest BCUT2D eigenvalue weighted by Crippen LogP contribution is -2.60. The molecule has 2 saturated heterocycles. The number of alkyl halides is 6. The Bertz CT molecular complexity index is 2640. The van der Waals surface area contributed by atoms with Gasteiger partial charge in [0.25, 0.3) is 0 Å². The molecule has 4 amide bonds. The summed E-state index contributed by atoms with van der Waals surface area (Å²) in [6.07, 6.45) is -6.79. The van der Waals surface area contributed by atoms with Crippen LogP contribution in [0.2, 0.25) is 0 Å². The van der Waals surface area contributed by atoms with Crippen molar-refractivity contribution < 1.29 is 79.3 Å². The molecule has 0 aliphatic carbocycles. The number of aromatic nitrogens is 4. The van der Waals surface area contributed by atoms with E-state index in [-0.39, 0.29) is 35.7 Å². The highest BCUT2D eigenvalue weighted by Crippen LogP contribution is 2.41. The Morgan fingerprint density at radius 3 is 1.78 bits per heavy atom. The number of methoxy groups -OCH3 is 2. The number of aliphatic hydroxyl groups is 1. The molecule has 77 heavy (non-hydrogen) atoms. The maximum atomic E-state index is 14.4. The van der Waals surface area contributed by atoms with Gasteiger partial charge >= 0.3 is 24.5 Å². The van der Waals surface area contributed by atoms with Crippen molar-refractivity contribution in [2.24, 2.45) is 16.6 Å². The number of nitrogens with two attached hydrogens (primary N) is 1. The maximum Gasteiger partial charge on any atom is 0.407 e. The van der Waals surface area contributed by atoms with Crippen molar-refractivity contribution in [1.82, 2.24) is 46.1 Å². The van der Waals surface area contributed by atoms with E-state index < -0.39 is 83.6 Å². The monoisotopic (exact) mass is 1100 g/mol. The Hall–Kier alpha value is -7.28. The first-order valence-electron chi connectivity index (χ1n) is 23.6. The van der Waals surface area contributed by atoms with E-state index in [2.05, 4.69) is 80.7 Å². The molecule has 0 unspecified atom stereocenters. The second kappa shape index (κ2) is 27.7. The molecule has 4 heterocycles. The van der Waals surface area contributed by atoms with Crippen LogP contribution in [-0.2, 0) is 30.3 Å². The first kappa shape index (κ1) is 62.3. The van der Waals surface area contributed by atoms with Crippen molar-refractivity contribution >= 4 is 29.9 Å². The zero-order valence-corrected chi connectivity index (χ0v) is 43.1. The lowest BCUT2D eigenvalue weighted by Gasteiger charge is -2.42. The number of primary amides is 1. The third-order valence-corrected chi connectivity index (χ3v) is 12.3. The van der Waals surface area contributed by atoms with Gasteiger partial charge in [-0.25, -0.2) is 38.3 Å². The van der Waals surface area contributed by atoms with E-state index in [4.69, 9.17) is 10.5 Å². The van der Waals surface area contributed by atoms with E-state index >= 15 is 0 Å². The van der Waals surface area contributed by atoms with E-state index in [0.29, 0.717) is 6.04 Å². The fraction of sp³-hybridized carbons (Fsp3) is 0.480. The van der Waals surface area contributed by atoms with Crippen LogP contribution in [0.3, 0.4) is 0 Å². The Morgan fingerprint density at radius 1 is 0.792 bits per heavy atom. The number of nitrogens with one attached hydrogen (secondary N) is 4. The van der Waals surface area contributed by atoms with Crippen molar-refractivity contribution in [3.8, 4) is 23.2 Å². The van der Waals surface area contributed by atoms with E-state index in [1.54, 1.807) is 11.4 Å². The summed E-state index contributed by atoms with van der Waals surface area (Å²) >= 11 is 0. The van der Waals surface area contributed by atoms with Crippen molar-refractivity contribution in [2.45, 2.75) is 77.7 Å². The highest BCUT2D eigenvalue weighted by molar-refractivity contribution is 5.86. The van der Waals surface area contributed by atoms with Crippen molar-refractivity contribution in [2.75, 3.05) is 71.6 Å². The standard InChI is InChI=1S/C22H26F5N5O4.C20H22N4O.C8H13F3N2O3.4H2/c1-21(2,22(25,26)27)17(32-20(35)36-3)19(34)31-10-13(33)9-28-11-14-15(23)7-12(8-16(14)24)18-29-5-4-6-30-18;1-16-2-4-17(5-3-16)6-7-18-12-21-20(22-13-18)24-10-8-23(9-11-24)19-14-25-15-19;1-7(2,8(9,10)11)4(5(12)14)13-6(15)16-3;;;;/h4-8,13,17,28,33H,9-11H2,1-3H3,(H,31,34)(H,32,35);2-5,12-13,19H,8-11,14-15H2,1H3;4H,1-3H3,(H2,12,14)(H,13,15);4*1H/t13-,17+;;4-;;;;/m0.1..../s1. The molecular formula is C50H69F8N11O8. The molecule has 2 aromatic carbocycles. The molecule has 2 aliphatic heterocycles. The average molecular weight is 1100 g/mol. The molecule has 2 aliphatic rings. The number of carbonyl (C=O) groups excluding carboxylic acids is 4. The summed E-state index contributed by atoms with van der Waals surface area (Å²) in [5.74, 6) is 2.97. The number of anilines is 1. The lowest BCUT2D eigenvalue weighted by atomic mass is 9.83. The van der Waals surface area contributed by atoms with Gasteiger partial charge in [-0.05, 0) is 65.0 Å². The molecule has 0 saturated carbocycles. The second-order valence-corrected chi connectivity index (χ2v) is 18.6. The Morgan fingerprint density at radius 2 is 1.30 bits per heavy atom. The number of hydrogen-bond acceptors (Lipinski definition) is 15. The number of amides is 4. The number of carbonyl (C=O) groups is 4. The Kier molecular flexibility index (Phi) is 22.4. The fourth-order valence-corrected chi connectivity index (χ4v) is 7.02. The summed E-state index contributed by atoms with van der Waals surface area (Å²) in [6, 6.07) is 8.54. The number of aliphatic hydroxyl groups excluding tert-OH is 1. The van der Waals surface area contributed by atoms with Gasteiger partial charge in [-0.1, -0.05) is 29.5 Å². The number of halogens is 8. The predicted octanol–water partition coefficient (Wildman–Crippen LogP) is 5.78. The molecule has 19 nitrogen and oxygen atoms in total. The van der Waals surface area contributed by atoms with Gasteiger partial charge < -0.3 is 51.2 Å². The molecule has 27 heteroatoms. The van der Waals surface area contributed by atoms with Gasteiger partial charge in [0, 0.05) is 93.0 Å². The summed E-state index contributed by atoms with van der Waals surface area (Å²) in [7, 11) is 1.89. The largest absolute Gasteiger partial charge is 0.453 e. The highest BCUT2D eigenvalue weighted by Gasteiger charge is 2.56. The van der Waals surface area contributed by atoms with Gasteiger partial charge in [-0.15, -0.1) is 0 Å². The van der Waals surface area contributed by atoms with E-state index in [1.807, 2.05) is 29.8 Å². The van der Waals surface area contributed by atoms with Crippen LogP contribution in [0.1, 0.15) is 55.7 Å². The third kappa shape index (κ3) is 17.9. The summed E-state index contributed by atoms with van der Waals surface area (Å²) in [6.45, 7) is 9.73. The zero-order valence-electron chi connectivity index (χ0n) is 43.1. The maximum absolute atomic E-state index is 14.4. The van der Waals surface area contributed by atoms with Crippen LogP contribution in [0.4, 0.5) is 50.7 Å². The molecule has 7 N–H and O–H groups in total. The van der Waals surface area contributed by atoms with Crippen LogP contribution < -0.4 is 31.9 Å². The van der Waals surface area contributed by atoms with Gasteiger partial charge in [0.15, 0.2) is 5.82 Å². The minimum atomic E-state index is -4.85. The molecule has 428 valence electrons. The molecule has 6 rings (SSSR count). The van der Waals surface area contributed by atoms with Crippen LogP contribution >= 0.6 is 0 Å². The smallest absolute Gasteiger partial charge is 0.407 e. The number of ether oxygens (including phenoxy) is 3. The first-order valence-corrected chi connectivity index (χ1v) is 23.6. The van der Waals surface area contributed by atoms with Gasteiger partial charge in [-0.2, -0.15) is 26.3 Å². The van der Waals surface area contributed by atoms with Crippen LogP contribution in [0.15, 0.2) is 67.3 Å². The zero-order chi connectivity index (χ0) is 57.3. The fourth-order valence-electron chi connectivity index (χ4n) is 7.02. The SMILES string of the molecule is COC(=O)N[C@H](C(=O)NC[C@@H](O)CNCc1c(F)cc(-c2ncccn2)cc1F)C(C)(C)C(F)(F)F.COC(=O)N[C@H](C(N)=O)C(C)(C)C(F)(F)F.Cc1ccc(C#Cc2cnc(N3CCN(C4COC4)CC3)nc2)cc1.[HH].[HH].[HH].[HH]. The van der Waals surface area contributed by atoms with E-state index in [0.717, 1.165) is 111 Å². The molecule has 2 aromatic heterocycles. The lowest BCUT2D eigenvalue weighted by molar-refractivity contribution is -0.220. The average Bonchev–Trinajstić information content (AvgIpc) is 3.36. The van der Waals surface area contributed by atoms with Gasteiger partial charge in [0.1, 0.15) is 23.7 Å². The second-order valence-electron chi connectivity index (χ2n) is 18.6. The van der Waals surface area contributed by atoms with Gasteiger partial charge in [-0.3, -0.25) is 14.5 Å². The third-order valence-electron chi connectivity index (χ3n) is 12.3. The Labute approximate surface area is 445 Å². The van der Waals surface area contributed by atoms with Crippen LogP contribution in [-0.4, -0.2) is 157 Å².